The minimum absolute atomic E-state index is 0.0821. The van der Waals surface area contributed by atoms with Crippen LogP contribution in [-0.4, -0.2) is 31.8 Å². The zero-order chi connectivity index (χ0) is 22.5. The van der Waals surface area contributed by atoms with Gasteiger partial charge in [0.05, 0.1) is 30.1 Å². The summed E-state index contributed by atoms with van der Waals surface area (Å²) in [5, 5.41) is 22.3. The van der Waals surface area contributed by atoms with Crippen LogP contribution in [0.4, 0.5) is 4.39 Å². The highest BCUT2D eigenvalue weighted by Crippen LogP contribution is 2.47. The molecule has 2 unspecified atom stereocenters. The van der Waals surface area contributed by atoms with Gasteiger partial charge in [-0.25, -0.2) is 9.37 Å². The normalized spacial score (nSPS) is 25.6. The van der Waals surface area contributed by atoms with Crippen molar-refractivity contribution in [2.75, 3.05) is 5.75 Å². The number of nitrogens with zero attached hydrogens (tertiary/aromatic N) is 2. The molecule has 0 radical (unpaired) electrons. The third-order valence-electron chi connectivity index (χ3n) is 7.09. The quantitative estimate of drug-likeness (QED) is 0.404. The fourth-order valence-corrected chi connectivity index (χ4v) is 6.46. The van der Waals surface area contributed by atoms with E-state index in [9.17, 15) is 19.4 Å². The van der Waals surface area contributed by atoms with E-state index in [2.05, 4.69) is 0 Å². The minimum Gasteiger partial charge on any atom is -0.380 e. The van der Waals surface area contributed by atoms with Crippen molar-refractivity contribution in [3.63, 3.8) is 0 Å². The van der Waals surface area contributed by atoms with E-state index in [4.69, 9.17) is 15.5 Å². The molecule has 0 spiro atoms. The molecule has 166 valence electrons. The molecular weight excluding hydrogens is 433 g/mol. The number of ether oxygens (including phenoxy) is 1. The second-order valence-electron chi connectivity index (χ2n) is 8.73. The molecule has 3 aliphatic rings. The lowest BCUT2D eigenvalue weighted by Gasteiger charge is -2.37. The zero-order valence-electron chi connectivity index (χ0n) is 17.6. The summed E-state index contributed by atoms with van der Waals surface area (Å²) in [5.41, 5.74) is 9.19. The number of rotatable bonds is 1. The standard InChI is InChI=1S/C23H22FN3O4S/c1-3-23(30)12-4-16-19-10(6-27(16)21(28)11(12)7-31-22(23)29)17-14(25)8-32-20-9(2)13(24)5-15(26-19)18(17)20/h4-5,14,22,29-30H,3,6-8,25H2,1-2H3/t14?,22?,23-/m0/s1. The molecule has 0 saturated carbocycles. The van der Waals surface area contributed by atoms with Gasteiger partial charge in [0.2, 0.25) is 0 Å². The van der Waals surface area contributed by atoms with Gasteiger partial charge in [-0.1, -0.05) is 6.92 Å². The zero-order valence-corrected chi connectivity index (χ0v) is 18.4. The van der Waals surface area contributed by atoms with Crippen molar-refractivity contribution < 1.29 is 19.3 Å². The summed E-state index contributed by atoms with van der Waals surface area (Å²) in [5.74, 6) is 0.288. The number of halogens is 1. The Kier molecular flexibility index (Phi) is 4.20. The van der Waals surface area contributed by atoms with Gasteiger partial charge in [0, 0.05) is 44.8 Å². The maximum absolute atomic E-state index is 14.7. The Morgan fingerprint density at radius 1 is 1.41 bits per heavy atom. The van der Waals surface area contributed by atoms with Crippen LogP contribution in [0.25, 0.3) is 22.3 Å². The van der Waals surface area contributed by atoms with Gasteiger partial charge in [-0.05, 0) is 30.5 Å². The summed E-state index contributed by atoms with van der Waals surface area (Å²) in [7, 11) is 0. The summed E-state index contributed by atoms with van der Waals surface area (Å²) < 4.78 is 21.6. The summed E-state index contributed by atoms with van der Waals surface area (Å²) in [6.45, 7) is 3.70. The number of benzene rings is 1. The molecule has 0 amide bonds. The molecule has 6 rings (SSSR count). The monoisotopic (exact) mass is 455 g/mol. The van der Waals surface area contributed by atoms with E-state index in [0.717, 1.165) is 21.4 Å². The Bertz CT molecular complexity index is 1400. The van der Waals surface area contributed by atoms with Crippen molar-refractivity contribution >= 4 is 22.7 Å². The molecule has 9 heteroatoms. The lowest BCUT2D eigenvalue weighted by Crippen LogP contribution is -2.47. The van der Waals surface area contributed by atoms with Crippen LogP contribution in [0.3, 0.4) is 0 Å². The number of thioether (sulfide) groups is 1. The molecule has 3 aromatic rings. The van der Waals surface area contributed by atoms with E-state index < -0.39 is 11.9 Å². The molecule has 32 heavy (non-hydrogen) atoms. The lowest BCUT2D eigenvalue weighted by molar-refractivity contribution is -0.236. The van der Waals surface area contributed by atoms with E-state index in [1.807, 2.05) is 0 Å². The van der Waals surface area contributed by atoms with Crippen molar-refractivity contribution in [3.05, 3.63) is 56.1 Å². The number of nitrogens with two attached hydrogens (primary N) is 1. The van der Waals surface area contributed by atoms with E-state index in [1.165, 1.54) is 17.8 Å². The maximum atomic E-state index is 14.7. The average Bonchev–Trinajstić information content (AvgIpc) is 3.14. The lowest BCUT2D eigenvalue weighted by atomic mass is 9.85. The van der Waals surface area contributed by atoms with Gasteiger partial charge in [-0.2, -0.15) is 0 Å². The topological polar surface area (TPSA) is 111 Å². The van der Waals surface area contributed by atoms with E-state index >= 15 is 0 Å². The molecule has 5 heterocycles. The molecule has 3 aliphatic heterocycles. The van der Waals surface area contributed by atoms with Crippen molar-refractivity contribution in [2.45, 2.75) is 56.2 Å². The van der Waals surface area contributed by atoms with Gasteiger partial charge in [0.1, 0.15) is 11.4 Å². The first-order chi connectivity index (χ1) is 15.3. The van der Waals surface area contributed by atoms with Crippen molar-refractivity contribution in [1.82, 2.24) is 9.55 Å². The number of aromatic nitrogens is 2. The number of hydrogen-bond acceptors (Lipinski definition) is 7. The molecule has 2 aromatic heterocycles. The van der Waals surface area contributed by atoms with Crippen LogP contribution in [0.5, 0.6) is 0 Å². The highest BCUT2D eigenvalue weighted by Gasteiger charge is 2.44. The molecule has 7 nitrogen and oxygen atoms in total. The molecule has 0 fully saturated rings. The van der Waals surface area contributed by atoms with Crippen LogP contribution < -0.4 is 11.3 Å². The first kappa shape index (κ1) is 20.3. The molecule has 4 N–H and O–H groups in total. The number of fused-ring (bicyclic) bond motifs is 5. The highest BCUT2D eigenvalue weighted by molar-refractivity contribution is 7.99. The van der Waals surface area contributed by atoms with Gasteiger partial charge in [-0.3, -0.25) is 4.79 Å². The Hall–Kier alpha value is -2.30. The largest absolute Gasteiger partial charge is 0.380 e. The fourth-order valence-electron chi connectivity index (χ4n) is 5.27. The third kappa shape index (κ3) is 2.40. The molecule has 0 saturated heterocycles. The Labute approximate surface area is 187 Å². The summed E-state index contributed by atoms with van der Waals surface area (Å²) in [6, 6.07) is 2.88. The number of pyridine rings is 2. The van der Waals surface area contributed by atoms with Crippen LogP contribution in [0.15, 0.2) is 21.8 Å². The van der Waals surface area contributed by atoms with E-state index in [0.29, 0.717) is 45.9 Å². The Balaban J connectivity index is 1.69. The first-order valence-corrected chi connectivity index (χ1v) is 11.6. The maximum Gasteiger partial charge on any atom is 0.257 e. The summed E-state index contributed by atoms with van der Waals surface area (Å²) in [4.78, 5) is 19.0. The second kappa shape index (κ2) is 6.61. The number of hydrogen-bond donors (Lipinski definition) is 3. The average molecular weight is 456 g/mol. The highest BCUT2D eigenvalue weighted by atomic mass is 32.2. The molecule has 3 atom stereocenters. The fraction of sp³-hybridized carbons (Fsp3) is 0.391. The van der Waals surface area contributed by atoms with Crippen LogP contribution in [0.1, 0.15) is 47.2 Å². The number of aliphatic hydroxyl groups is 2. The van der Waals surface area contributed by atoms with Gasteiger partial charge in [0.25, 0.3) is 5.56 Å². The van der Waals surface area contributed by atoms with Crippen LogP contribution in [0.2, 0.25) is 0 Å². The van der Waals surface area contributed by atoms with Crippen molar-refractivity contribution in [2.24, 2.45) is 5.73 Å². The summed E-state index contributed by atoms with van der Waals surface area (Å²) in [6.07, 6.45) is -1.26. The molecule has 0 bridgehead atoms. The first-order valence-electron chi connectivity index (χ1n) is 10.6. The van der Waals surface area contributed by atoms with Crippen LogP contribution in [0, 0.1) is 12.7 Å². The Morgan fingerprint density at radius 3 is 2.94 bits per heavy atom. The van der Waals surface area contributed by atoms with Crippen LogP contribution in [-0.2, 0) is 23.5 Å². The van der Waals surface area contributed by atoms with Gasteiger partial charge < -0.3 is 25.3 Å². The smallest absolute Gasteiger partial charge is 0.257 e. The van der Waals surface area contributed by atoms with Crippen LogP contribution >= 0.6 is 11.8 Å². The van der Waals surface area contributed by atoms with E-state index in [1.54, 1.807) is 24.5 Å². The predicted molar refractivity (Wildman–Crippen MR) is 118 cm³/mol. The van der Waals surface area contributed by atoms with Gasteiger partial charge in [0.15, 0.2) is 6.29 Å². The van der Waals surface area contributed by atoms with Gasteiger partial charge >= 0.3 is 0 Å². The van der Waals surface area contributed by atoms with Crippen molar-refractivity contribution in [3.8, 4) is 11.4 Å². The molecule has 1 aromatic carbocycles. The molecular formula is C23H22FN3O4S. The molecule has 0 aliphatic carbocycles. The SMILES string of the molecule is CC[C@]1(O)c2cc3n(c(=O)c2COC1O)Cc1c-3nc2cc(F)c(C)c3c2c1C(N)CS3. The minimum atomic E-state index is -1.69. The predicted octanol–water partition coefficient (Wildman–Crippen LogP) is 2.42. The second-order valence-corrected chi connectivity index (χ2v) is 9.76. The third-order valence-corrected chi connectivity index (χ3v) is 8.42. The number of aliphatic hydroxyl groups excluding tert-OH is 1. The van der Waals surface area contributed by atoms with E-state index in [-0.39, 0.29) is 30.4 Å². The van der Waals surface area contributed by atoms with Gasteiger partial charge in [-0.15, -0.1) is 11.8 Å². The Morgan fingerprint density at radius 2 is 2.19 bits per heavy atom. The summed E-state index contributed by atoms with van der Waals surface area (Å²) >= 11 is 1.53. The van der Waals surface area contributed by atoms with Crippen molar-refractivity contribution in [1.29, 1.82) is 0 Å².